The summed E-state index contributed by atoms with van der Waals surface area (Å²) in [4.78, 5) is 20.2. The van der Waals surface area contributed by atoms with E-state index in [2.05, 4.69) is 25.9 Å². The highest BCUT2D eigenvalue weighted by molar-refractivity contribution is 9.10. The van der Waals surface area contributed by atoms with Gasteiger partial charge in [-0.1, -0.05) is 13.8 Å². The molecule has 0 unspecified atom stereocenters. The summed E-state index contributed by atoms with van der Waals surface area (Å²) in [6, 6.07) is 0. The van der Waals surface area contributed by atoms with Crippen LogP contribution in [0.1, 0.15) is 30.0 Å². The van der Waals surface area contributed by atoms with Crippen molar-refractivity contribution in [2.75, 3.05) is 19.3 Å². The van der Waals surface area contributed by atoms with E-state index in [-0.39, 0.29) is 11.6 Å². The first-order valence-electron chi connectivity index (χ1n) is 5.69. The minimum atomic E-state index is -4.69. The van der Waals surface area contributed by atoms with Crippen molar-refractivity contribution in [1.29, 1.82) is 0 Å². The van der Waals surface area contributed by atoms with Gasteiger partial charge in [0.25, 0.3) is 5.91 Å². The van der Waals surface area contributed by atoms with Gasteiger partial charge in [-0.05, 0) is 21.8 Å². The highest BCUT2D eigenvalue weighted by Gasteiger charge is 2.37. The fourth-order valence-corrected chi connectivity index (χ4v) is 2.07. The molecule has 2 N–H and O–H groups in total. The van der Waals surface area contributed by atoms with E-state index in [1.807, 2.05) is 13.8 Å². The minimum Gasteiger partial charge on any atom is -0.382 e. The number of halogens is 4. The van der Waals surface area contributed by atoms with Crippen molar-refractivity contribution in [2.24, 2.45) is 5.92 Å². The minimum absolute atomic E-state index is 0.205. The van der Waals surface area contributed by atoms with Crippen LogP contribution in [0.2, 0.25) is 0 Å². The van der Waals surface area contributed by atoms with E-state index in [1.165, 1.54) is 11.9 Å². The first-order valence-corrected chi connectivity index (χ1v) is 6.49. The third-order valence-electron chi connectivity index (χ3n) is 2.34. The van der Waals surface area contributed by atoms with Gasteiger partial charge in [-0.3, -0.25) is 4.79 Å². The number of carbonyl (C=O) groups excluding carboxylic acids is 1. The fourth-order valence-electron chi connectivity index (χ4n) is 1.58. The Morgan fingerprint density at radius 3 is 2.40 bits per heavy atom. The Kier molecular flexibility index (Phi) is 4.95. The zero-order valence-electron chi connectivity index (χ0n) is 11.1. The van der Waals surface area contributed by atoms with E-state index < -0.39 is 28.2 Å². The predicted molar refractivity (Wildman–Crippen MR) is 70.9 cm³/mol. The van der Waals surface area contributed by atoms with E-state index >= 15 is 0 Å². The van der Waals surface area contributed by atoms with Gasteiger partial charge < -0.3 is 10.6 Å². The Balaban J connectivity index is 3.16. The lowest BCUT2D eigenvalue weighted by molar-refractivity contribution is -0.142. The van der Waals surface area contributed by atoms with Crippen LogP contribution in [0, 0.1) is 5.92 Å². The molecule has 0 atom stereocenters. The number of aromatic nitrogens is 2. The van der Waals surface area contributed by atoms with Crippen molar-refractivity contribution in [3.63, 3.8) is 0 Å². The molecule has 1 heterocycles. The average Bonchev–Trinajstić information content (AvgIpc) is 2.28. The predicted octanol–water partition coefficient (Wildman–Crippen LogP) is 2.57. The molecule has 9 heteroatoms. The van der Waals surface area contributed by atoms with Crippen molar-refractivity contribution in [3.8, 4) is 0 Å². The van der Waals surface area contributed by atoms with Gasteiger partial charge in [-0.25, -0.2) is 9.97 Å². The first-order chi connectivity index (χ1) is 9.04. The maximum absolute atomic E-state index is 12.6. The van der Waals surface area contributed by atoms with Gasteiger partial charge in [-0.2, -0.15) is 13.2 Å². The molecule has 0 aliphatic carbocycles. The number of nitrogens with two attached hydrogens (primary N) is 1. The van der Waals surface area contributed by atoms with Crippen LogP contribution in [0.3, 0.4) is 0 Å². The molecule has 0 aromatic carbocycles. The van der Waals surface area contributed by atoms with E-state index in [4.69, 9.17) is 5.73 Å². The number of anilines is 1. The fraction of sp³-hybridized carbons (Fsp3) is 0.545. The number of nitrogens with zero attached hydrogens (tertiary/aromatic N) is 3. The van der Waals surface area contributed by atoms with Gasteiger partial charge in [0.15, 0.2) is 17.2 Å². The Hall–Kier alpha value is -1.38. The van der Waals surface area contributed by atoms with Gasteiger partial charge in [0, 0.05) is 13.6 Å². The number of carbonyl (C=O) groups is 1. The van der Waals surface area contributed by atoms with Crippen LogP contribution in [0.4, 0.5) is 19.0 Å². The first kappa shape index (κ1) is 16.7. The Bertz CT molecular complexity index is 519. The molecule has 0 fully saturated rings. The van der Waals surface area contributed by atoms with E-state index in [0.717, 1.165) is 0 Å². The van der Waals surface area contributed by atoms with Crippen molar-refractivity contribution in [1.82, 2.24) is 14.9 Å². The molecule has 0 radical (unpaired) electrons. The number of hydrogen-bond acceptors (Lipinski definition) is 4. The third-order valence-corrected chi connectivity index (χ3v) is 2.89. The largest absolute Gasteiger partial charge is 0.436 e. The number of amides is 1. The summed E-state index contributed by atoms with van der Waals surface area (Å²) in [5.74, 6) is -0.907. The molecule has 0 bridgehead atoms. The zero-order chi connectivity index (χ0) is 15.7. The van der Waals surface area contributed by atoms with Gasteiger partial charge in [0.2, 0.25) is 0 Å². The van der Waals surface area contributed by atoms with Crippen molar-refractivity contribution < 1.29 is 18.0 Å². The smallest absolute Gasteiger partial charge is 0.382 e. The molecular weight excluding hydrogens is 341 g/mol. The molecule has 5 nitrogen and oxygen atoms in total. The van der Waals surface area contributed by atoms with Gasteiger partial charge in [-0.15, -0.1) is 0 Å². The highest BCUT2D eigenvalue weighted by Crippen LogP contribution is 2.33. The topological polar surface area (TPSA) is 72.1 Å². The molecule has 0 saturated heterocycles. The second-order valence-corrected chi connectivity index (χ2v) is 5.43. The molecule has 112 valence electrons. The summed E-state index contributed by atoms with van der Waals surface area (Å²) >= 11 is 2.67. The van der Waals surface area contributed by atoms with Crippen LogP contribution < -0.4 is 5.73 Å². The van der Waals surface area contributed by atoms with E-state index in [0.29, 0.717) is 6.54 Å². The van der Waals surface area contributed by atoms with E-state index in [9.17, 15) is 18.0 Å². The van der Waals surface area contributed by atoms with Gasteiger partial charge >= 0.3 is 6.18 Å². The van der Waals surface area contributed by atoms with Crippen molar-refractivity contribution in [3.05, 3.63) is 16.0 Å². The molecule has 0 spiro atoms. The summed E-state index contributed by atoms with van der Waals surface area (Å²) in [7, 11) is 1.52. The molecular formula is C11H14BrF3N4O. The second-order valence-electron chi connectivity index (χ2n) is 4.67. The lowest BCUT2D eigenvalue weighted by Crippen LogP contribution is -2.32. The monoisotopic (exact) mass is 354 g/mol. The van der Waals surface area contributed by atoms with Crippen LogP contribution in [0.5, 0.6) is 0 Å². The summed E-state index contributed by atoms with van der Waals surface area (Å²) < 4.78 is 37.3. The van der Waals surface area contributed by atoms with Crippen LogP contribution in [0.25, 0.3) is 0 Å². The van der Waals surface area contributed by atoms with Gasteiger partial charge in [0.05, 0.1) is 0 Å². The average molecular weight is 355 g/mol. The zero-order valence-corrected chi connectivity index (χ0v) is 12.7. The van der Waals surface area contributed by atoms with Crippen LogP contribution in [0.15, 0.2) is 4.60 Å². The highest BCUT2D eigenvalue weighted by atomic mass is 79.9. The van der Waals surface area contributed by atoms with Crippen LogP contribution >= 0.6 is 15.9 Å². The molecule has 1 aromatic rings. The Morgan fingerprint density at radius 1 is 1.40 bits per heavy atom. The maximum atomic E-state index is 12.6. The number of rotatable bonds is 3. The molecule has 20 heavy (non-hydrogen) atoms. The van der Waals surface area contributed by atoms with Crippen molar-refractivity contribution in [2.45, 2.75) is 20.0 Å². The standard InChI is InChI=1S/C11H14BrF3N4O/c1-5(2)4-19(3)10(20)6-9(16)18-7(8(12)17-6)11(13,14)15/h5H,4H2,1-3H3,(H2,16,18). The summed E-state index contributed by atoms with van der Waals surface area (Å²) in [6.45, 7) is 4.24. The third kappa shape index (κ3) is 3.81. The molecule has 1 aromatic heterocycles. The molecule has 1 rings (SSSR count). The van der Waals surface area contributed by atoms with E-state index in [1.54, 1.807) is 0 Å². The Morgan fingerprint density at radius 2 is 1.95 bits per heavy atom. The number of hydrogen-bond donors (Lipinski definition) is 1. The lowest BCUT2D eigenvalue weighted by Gasteiger charge is -2.20. The quantitative estimate of drug-likeness (QED) is 0.905. The number of nitrogen functional groups attached to an aromatic ring is 1. The summed E-state index contributed by atoms with van der Waals surface area (Å²) in [5.41, 5.74) is 3.86. The molecule has 0 aliphatic rings. The summed E-state index contributed by atoms with van der Waals surface area (Å²) in [6.07, 6.45) is -4.69. The Labute approximate surface area is 122 Å². The van der Waals surface area contributed by atoms with Gasteiger partial charge in [0.1, 0.15) is 4.60 Å². The second kappa shape index (κ2) is 5.94. The molecule has 0 aliphatic heterocycles. The lowest BCUT2D eigenvalue weighted by atomic mass is 10.2. The van der Waals surface area contributed by atoms with Crippen molar-refractivity contribution >= 4 is 27.7 Å². The summed E-state index contributed by atoms with van der Waals surface area (Å²) in [5, 5.41) is 0. The maximum Gasteiger partial charge on any atom is 0.436 e. The number of alkyl halides is 3. The molecule has 0 saturated carbocycles. The van der Waals surface area contributed by atoms with Crippen LogP contribution in [-0.4, -0.2) is 34.4 Å². The normalized spacial score (nSPS) is 11.8. The molecule has 1 amide bonds. The van der Waals surface area contributed by atoms with Crippen LogP contribution in [-0.2, 0) is 6.18 Å². The SMILES string of the molecule is CC(C)CN(C)C(=O)c1nc(Br)c(C(F)(F)F)nc1N.